The number of rotatable bonds is 9. The Kier molecular flexibility index (Phi) is 7.53. The lowest BCUT2D eigenvalue weighted by molar-refractivity contribution is -0.119. The number of sulfonamides is 1. The van der Waals surface area contributed by atoms with Crippen molar-refractivity contribution in [3.63, 3.8) is 0 Å². The number of methoxy groups -OCH3 is 1. The summed E-state index contributed by atoms with van der Waals surface area (Å²) < 4.78 is 36.0. The van der Waals surface area contributed by atoms with Gasteiger partial charge < -0.3 is 14.8 Å². The van der Waals surface area contributed by atoms with Crippen molar-refractivity contribution in [3.8, 4) is 11.5 Å². The van der Waals surface area contributed by atoms with Crippen LogP contribution < -0.4 is 19.1 Å². The van der Waals surface area contributed by atoms with Gasteiger partial charge in [0.25, 0.3) is 0 Å². The summed E-state index contributed by atoms with van der Waals surface area (Å²) in [5.41, 5.74) is 1.07. The van der Waals surface area contributed by atoms with Crippen LogP contribution in [-0.4, -0.2) is 47.4 Å². The highest BCUT2D eigenvalue weighted by Gasteiger charge is 2.22. The number of halogens is 1. The standard InChI is InChI=1S/C19H23ClN2O5S/c1-14-12-15(20)4-9-18(14)22(28(3,24)25)13-19(23)21-10-11-27-17-7-5-16(26-2)6-8-17/h4-9,12H,10-11,13H2,1-3H3,(H,21,23). The quantitative estimate of drug-likeness (QED) is 0.623. The average molecular weight is 427 g/mol. The van der Waals surface area contributed by atoms with Gasteiger partial charge in [-0.05, 0) is 55.0 Å². The molecule has 2 aromatic carbocycles. The third-order valence-electron chi connectivity index (χ3n) is 3.87. The lowest BCUT2D eigenvalue weighted by Crippen LogP contribution is -2.41. The molecule has 0 radical (unpaired) electrons. The Morgan fingerprint density at radius 2 is 1.79 bits per heavy atom. The van der Waals surface area contributed by atoms with E-state index in [-0.39, 0.29) is 19.7 Å². The van der Waals surface area contributed by atoms with E-state index >= 15 is 0 Å². The van der Waals surface area contributed by atoms with Crippen molar-refractivity contribution in [2.45, 2.75) is 6.92 Å². The Morgan fingerprint density at radius 3 is 2.36 bits per heavy atom. The van der Waals surface area contributed by atoms with Gasteiger partial charge in [0.1, 0.15) is 24.7 Å². The van der Waals surface area contributed by atoms with E-state index in [0.717, 1.165) is 16.3 Å². The molecule has 0 saturated carbocycles. The third-order valence-corrected chi connectivity index (χ3v) is 5.23. The third kappa shape index (κ3) is 6.31. The molecule has 0 aliphatic rings. The SMILES string of the molecule is COc1ccc(OCCNC(=O)CN(c2ccc(Cl)cc2C)S(C)(=O)=O)cc1. The van der Waals surface area contributed by atoms with Gasteiger partial charge in [0.05, 0.1) is 25.6 Å². The number of carbonyl (C=O) groups excluding carboxylic acids is 1. The molecule has 0 aliphatic carbocycles. The van der Waals surface area contributed by atoms with Gasteiger partial charge in [-0.15, -0.1) is 0 Å². The summed E-state index contributed by atoms with van der Waals surface area (Å²) in [5.74, 6) is 0.932. The van der Waals surface area contributed by atoms with Crippen molar-refractivity contribution in [2.24, 2.45) is 0 Å². The number of nitrogens with one attached hydrogen (secondary N) is 1. The van der Waals surface area contributed by atoms with Crippen molar-refractivity contribution in [1.82, 2.24) is 5.32 Å². The van der Waals surface area contributed by atoms with Crippen LogP contribution in [0, 0.1) is 6.92 Å². The maximum Gasteiger partial charge on any atom is 0.240 e. The minimum absolute atomic E-state index is 0.238. The van der Waals surface area contributed by atoms with E-state index in [1.165, 1.54) is 0 Å². The molecule has 0 atom stereocenters. The van der Waals surface area contributed by atoms with Gasteiger partial charge in [-0.1, -0.05) is 11.6 Å². The molecule has 28 heavy (non-hydrogen) atoms. The van der Waals surface area contributed by atoms with Gasteiger partial charge in [-0.3, -0.25) is 9.10 Å². The van der Waals surface area contributed by atoms with Crippen LogP contribution >= 0.6 is 11.6 Å². The molecule has 1 N–H and O–H groups in total. The summed E-state index contributed by atoms with van der Waals surface area (Å²) >= 11 is 5.93. The lowest BCUT2D eigenvalue weighted by atomic mass is 10.2. The van der Waals surface area contributed by atoms with Crippen LogP contribution in [0.2, 0.25) is 5.02 Å². The summed E-state index contributed by atoms with van der Waals surface area (Å²) in [5, 5.41) is 3.15. The number of anilines is 1. The lowest BCUT2D eigenvalue weighted by Gasteiger charge is -2.23. The van der Waals surface area contributed by atoms with Crippen LogP contribution in [0.5, 0.6) is 11.5 Å². The Hall–Kier alpha value is -2.45. The Labute approximate surface area is 170 Å². The number of hydrogen-bond donors (Lipinski definition) is 1. The van der Waals surface area contributed by atoms with Crippen molar-refractivity contribution in [1.29, 1.82) is 0 Å². The van der Waals surface area contributed by atoms with Crippen LogP contribution in [0.1, 0.15) is 5.56 Å². The maximum atomic E-state index is 12.2. The Bertz CT molecular complexity index is 916. The second-order valence-electron chi connectivity index (χ2n) is 6.07. The number of benzene rings is 2. The van der Waals surface area contributed by atoms with Gasteiger partial charge in [-0.2, -0.15) is 0 Å². The van der Waals surface area contributed by atoms with Crippen LogP contribution in [-0.2, 0) is 14.8 Å². The zero-order chi connectivity index (χ0) is 20.7. The second-order valence-corrected chi connectivity index (χ2v) is 8.42. The summed E-state index contributed by atoms with van der Waals surface area (Å²) in [6, 6.07) is 11.9. The summed E-state index contributed by atoms with van der Waals surface area (Å²) in [4.78, 5) is 12.2. The number of carbonyl (C=O) groups is 1. The zero-order valence-electron chi connectivity index (χ0n) is 15.9. The van der Waals surface area contributed by atoms with E-state index in [1.807, 2.05) is 0 Å². The van der Waals surface area contributed by atoms with Gasteiger partial charge in [0, 0.05) is 5.02 Å². The molecule has 0 aliphatic heterocycles. The summed E-state index contributed by atoms with van der Waals surface area (Å²) in [6.07, 6.45) is 1.06. The molecular formula is C19H23ClN2O5S. The van der Waals surface area contributed by atoms with Crippen molar-refractivity contribution in [2.75, 3.05) is 37.4 Å². The molecule has 0 bridgehead atoms. The van der Waals surface area contributed by atoms with Gasteiger partial charge in [0.2, 0.25) is 15.9 Å². The fourth-order valence-electron chi connectivity index (χ4n) is 2.50. The van der Waals surface area contributed by atoms with E-state index in [4.69, 9.17) is 21.1 Å². The van der Waals surface area contributed by atoms with E-state index in [9.17, 15) is 13.2 Å². The van der Waals surface area contributed by atoms with Crippen molar-refractivity contribution >= 4 is 33.2 Å². The highest BCUT2D eigenvalue weighted by Crippen LogP contribution is 2.25. The van der Waals surface area contributed by atoms with Gasteiger partial charge in [-0.25, -0.2) is 8.42 Å². The monoisotopic (exact) mass is 426 g/mol. The van der Waals surface area contributed by atoms with Crippen LogP contribution in [0.15, 0.2) is 42.5 Å². The second kappa shape index (κ2) is 9.66. The average Bonchev–Trinajstić information content (AvgIpc) is 2.63. The van der Waals surface area contributed by atoms with E-state index in [0.29, 0.717) is 22.0 Å². The van der Waals surface area contributed by atoms with Crippen LogP contribution in [0.4, 0.5) is 5.69 Å². The molecule has 0 unspecified atom stereocenters. The molecule has 2 aromatic rings. The minimum Gasteiger partial charge on any atom is -0.497 e. The van der Waals surface area contributed by atoms with Crippen LogP contribution in [0.25, 0.3) is 0 Å². The molecule has 0 fully saturated rings. The summed E-state index contributed by atoms with van der Waals surface area (Å²) in [7, 11) is -2.06. The van der Waals surface area contributed by atoms with E-state index in [2.05, 4.69) is 5.32 Å². The Morgan fingerprint density at radius 1 is 1.14 bits per heavy atom. The Balaban J connectivity index is 1.91. The molecule has 0 saturated heterocycles. The number of nitrogens with zero attached hydrogens (tertiary/aromatic N) is 1. The fourth-order valence-corrected chi connectivity index (χ4v) is 3.64. The first-order valence-electron chi connectivity index (χ1n) is 8.48. The highest BCUT2D eigenvalue weighted by atomic mass is 35.5. The molecule has 0 heterocycles. The molecule has 1 amide bonds. The van der Waals surface area contributed by atoms with Crippen molar-refractivity contribution < 1.29 is 22.7 Å². The number of aryl methyl sites for hydroxylation is 1. The number of ether oxygens (including phenoxy) is 2. The smallest absolute Gasteiger partial charge is 0.240 e. The highest BCUT2D eigenvalue weighted by molar-refractivity contribution is 7.92. The predicted molar refractivity (Wildman–Crippen MR) is 110 cm³/mol. The maximum absolute atomic E-state index is 12.2. The van der Waals surface area contributed by atoms with Gasteiger partial charge in [0.15, 0.2) is 0 Å². The van der Waals surface area contributed by atoms with E-state index < -0.39 is 15.9 Å². The van der Waals surface area contributed by atoms with Crippen molar-refractivity contribution in [3.05, 3.63) is 53.1 Å². The first kappa shape index (κ1) is 21.8. The molecule has 9 heteroatoms. The zero-order valence-corrected chi connectivity index (χ0v) is 17.5. The topological polar surface area (TPSA) is 84.9 Å². The van der Waals surface area contributed by atoms with E-state index in [1.54, 1.807) is 56.5 Å². The molecule has 7 nitrogen and oxygen atoms in total. The first-order chi connectivity index (χ1) is 13.2. The number of amides is 1. The molecular weight excluding hydrogens is 404 g/mol. The molecule has 152 valence electrons. The number of hydrogen-bond acceptors (Lipinski definition) is 5. The normalized spacial score (nSPS) is 11.0. The fraction of sp³-hybridized carbons (Fsp3) is 0.316. The molecule has 0 aromatic heterocycles. The predicted octanol–water partition coefficient (Wildman–Crippen LogP) is 2.62. The minimum atomic E-state index is -3.64. The molecule has 2 rings (SSSR count). The largest absolute Gasteiger partial charge is 0.497 e. The van der Waals surface area contributed by atoms with Gasteiger partial charge >= 0.3 is 0 Å². The summed E-state index contributed by atoms with van der Waals surface area (Å²) in [6.45, 7) is 1.89. The van der Waals surface area contributed by atoms with Crippen LogP contribution in [0.3, 0.4) is 0 Å². The molecule has 0 spiro atoms. The first-order valence-corrected chi connectivity index (χ1v) is 10.7.